The molecule has 2 atom stereocenters. The van der Waals surface area contributed by atoms with Crippen LogP contribution in [-0.4, -0.2) is 30.3 Å². The minimum atomic E-state index is -0.118. The summed E-state index contributed by atoms with van der Waals surface area (Å²) in [6.45, 7) is 2.43. The Morgan fingerprint density at radius 2 is 2.05 bits per heavy atom. The maximum atomic E-state index is 12.4. The first-order valence-electron chi connectivity index (χ1n) is 6.78. The van der Waals surface area contributed by atoms with Crippen LogP contribution in [0.5, 0.6) is 0 Å². The van der Waals surface area contributed by atoms with E-state index in [9.17, 15) is 9.59 Å². The van der Waals surface area contributed by atoms with Gasteiger partial charge in [0.05, 0.1) is 12.0 Å². The van der Waals surface area contributed by atoms with Crippen molar-refractivity contribution in [1.82, 2.24) is 10.2 Å². The Balaban J connectivity index is 2.02. The normalized spacial score (nSPS) is 20.1. The number of nitrogens with one attached hydrogen (secondary N) is 1. The van der Waals surface area contributed by atoms with Gasteiger partial charge in [-0.2, -0.15) is 0 Å². The van der Waals surface area contributed by atoms with Crippen LogP contribution in [0.3, 0.4) is 0 Å². The van der Waals surface area contributed by atoms with Crippen molar-refractivity contribution in [2.24, 2.45) is 5.92 Å². The zero-order chi connectivity index (χ0) is 14.7. The van der Waals surface area contributed by atoms with Crippen LogP contribution in [0.2, 0.25) is 5.02 Å². The van der Waals surface area contributed by atoms with Gasteiger partial charge in [0, 0.05) is 25.0 Å². The van der Waals surface area contributed by atoms with Gasteiger partial charge in [-0.05, 0) is 31.0 Å². The summed E-state index contributed by atoms with van der Waals surface area (Å²) in [6.07, 6.45) is 1.06. The molecule has 1 heterocycles. The number of carbonyl (C=O) groups excluding carboxylic acids is 2. The Morgan fingerprint density at radius 3 is 2.60 bits per heavy atom. The molecule has 0 bridgehead atoms. The number of benzene rings is 1. The van der Waals surface area contributed by atoms with Crippen molar-refractivity contribution in [3.05, 3.63) is 34.9 Å². The van der Waals surface area contributed by atoms with E-state index in [1.807, 2.05) is 31.2 Å². The van der Waals surface area contributed by atoms with Gasteiger partial charge < -0.3 is 10.2 Å². The van der Waals surface area contributed by atoms with Crippen molar-refractivity contribution < 1.29 is 9.59 Å². The molecule has 108 valence electrons. The molecule has 2 rings (SSSR count). The first kappa shape index (κ1) is 14.9. The molecule has 0 spiro atoms. The van der Waals surface area contributed by atoms with E-state index >= 15 is 0 Å². The first-order chi connectivity index (χ1) is 9.49. The molecular formula is C15H19ClN2O2. The van der Waals surface area contributed by atoms with Gasteiger partial charge in [-0.3, -0.25) is 9.59 Å². The SMILES string of the molecule is CC(c1ccc(Cl)cc1)N(C)C(=O)C1CCC(=O)NC1. The second-order valence-electron chi connectivity index (χ2n) is 5.22. The van der Waals surface area contributed by atoms with Crippen LogP contribution >= 0.6 is 11.6 Å². The Morgan fingerprint density at radius 1 is 1.40 bits per heavy atom. The van der Waals surface area contributed by atoms with E-state index in [4.69, 9.17) is 11.6 Å². The molecule has 0 radical (unpaired) electrons. The fourth-order valence-electron chi connectivity index (χ4n) is 2.39. The van der Waals surface area contributed by atoms with Crippen molar-refractivity contribution in [2.45, 2.75) is 25.8 Å². The van der Waals surface area contributed by atoms with Gasteiger partial charge in [-0.15, -0.1) is 0 Å². The van der Waals surface area contributed by atoms with Gasteiger partial charge in [0.15, 0.2) is 0 Å². The third kappa shape index (κ3) is 3.31. The lowest BCUT2D eigenvalue weighted by Gasteiger charge is -2.31. The fraction of sp³-hybridized carbons (Fsp3) is 0.467. The van der Waals surface area contributed by atoms with Gasteiger partial charge in [-0.1, -0.05) is 23.7 Å². The highest BCUT2D eigenvalue weighted by atomic mass is 35.5. The minimum Gasteiger partial charge on any atom is -0.355 e. The van der Waals surface area contributed by atoms with Crippen molar-refractivity contribution >= 4 is 23.4 Å². The lowest BCUT2D eigenvalue weighted by atomic mass is 9.96. The maximum Gasteiger partial charge on any atom is 0.227 e. The van der Waals surface area contributed by atoms with Crippen LogP contribution in [0, 0.1) is 5.92 Å². The average Bonchev–Trinajstić information content (AvgIpc) is 2.46. The van der Waals surface area contributed by atoms with Crippen molar-refractivity contribution in [3.8, 4) is 0 Å². The third-order valence-corrected chi connectivity index (χ3v) is 4.15. The standard InChI is InChI=1S/C15H19ClN2O2/c1-10(11-3-6-13(16)7-4-11)18(2)15(20)12-5-8-14(19)17-9-12/h3-4,6-7,10,12H,5,8-9H2,1-2H3,(H,17,19). The van der Waals surface area contributed by atoms with Gasteiger partial charge in [-0.25, -0.2) is 0 Å². The van der Waals surface area contributed by atoms with Crippen molar-refractivity contribution in [1.29, 1.82) is 0 Å². The zero-order valence-electron chi connectivity index (χ0n) is 11.7. The Labute approximate surface area is 124 Å². The van der Waals surface area contributed by atoms with E-state index in [2.05, 4.69) is 5.32 Å². The summed E-state index contributed by atoms with van der Waals surface area (Å²) in [6, 6.07) is 7.50. The summed E-state index contributed by atoms with van der Waals surface area (Å²) in [5, 5.41) is 3.44. The zero-order valence-corrected chi connectivity index (χ0v) is 12.5. The lowest BCUT2D eigenvalue weighted by molar-refractivity contribution is -0.138. The number of nitrogens with zero attached hydrogens (tertiary/aromatic N) is 1. The molecule has 20 heavy (non-hydrogen) atoms. The smallest absolute Gasteiger partial charge is 0.227 e. The van der Waals surface area contributed by atoms with E-state index < -0.39 is 0 Å². The monoisotopic (exact) mass is 294 g/mol. The van der Waals surface area contributed by atoms with Gasteiger partial charge in [0.2, 0.25) is 11.8 Å². The number of halogens is 1. The van der Waals surface area contributed by atoms with E-state index in [-0.39, 0.29) is 23.8 Å². The number of hydrogen-bond acceptors (Lipinski definition) is 2. The second-order valence-corrected chi connectivity index (χ2v) is 5.65. The number of carbonyl (C=O) groups is 2. The van der Waals surface area contributed by atoms with Crippen molar-refractivity contribution in [2.75, 3.05) is 13.6 Å². The topological polar surface area (TPSA) is 49.4 Å². The first-order valence-corrected chi connectivity index (χ1v) is 7.15. The largest absolute Gasteiger partial charge is 0.355 e. The van der Waals surface area contributed by atoms with Crippen LogP contribution in [0.1, 0.15) is 31.4 Å². The molecule has 0 saturated carbocycles. The molecule has 1 aromatic rings. The van der Waals surface area contributed by atoms with E-state index in [0.29, 0.717) is 24.4 Å². The van der Waals surface area contributed by atoms with E-state index in [0.717, 1.165) is 5.56 Å². The Kier molecular flexibility index (Phi) is 4.65. The highest BCUT2D eigenvalue weighted by molar-refractivity contribution is 6.30. The molecule has 4 nitrogen and oxygen atoms in total. The fourth-order valence-corrected chi connectivity index (χ4v) is 2.51. The van der Waals surface area contributed by atoms with Crippen LogP contribution < -0.4 is 5.32 Å². The van der Waals surface area contributed by atoms with Crippen LogP contribution in [0.4, 0.5) is 0 Å². The molecule has 0 aliphatic carbocycles. The minimum absolute atomic E-state index is 0.0163. The molecule has 0 aromatic heterocycles. The van der Waals surface area contributed by atoms with E-state index in [1.165, 1.54) is 0 Å². The van der Waals surface area contributed by atoms with Crippen LogP contribution in [0.25, 0.3) is 0 Å². The van der Waals surface area contributed by atoms with Crippen LogP contribution in [-0.2, 0) is 9.59 Å². The molecule has 5 heteroatoms. The molecular weight excluding hydrogens is 276 g/mol. The maximum absolute atomic E-state index is 12.4. The molecule has 2 unspecified atom stereocenters. The summed E-state index contributed by atoms with van der Waals surface area (Å²) >= 11 is 5.87. The number of amides is 2. The molecule has 1 aliphatic heterocycles. The summed E-state index contributed by atoms with van der Waals surface area (Å²) < 4.78 is 0. The van der Waals surface area contributed by atoms with Gasteiger partial charge in [0.1, 0.15) is 0 Å². The second kappa shape index (κ2) is 6.27. The summed E-state index contributed by atoms with van der Waals surface area (Å²) in [5.74, 6) is -0.0117. The molecule has 1 aromatic carbocycles. The van der Waals surface area contributed by atoms with Gasteiger partial charge >= 0.3 is 0 Å². The van der Waals surface area contributed by atoms with Gasteiger partial charge in [0.25, 0.3) is 0 Å². The average molecular weight is 295 g/mol. The van der Waals surface area contributed by atoms with Crippen molar-refractivity contribution in [3.63, 3.8) is 0 Å². The number of hydrogen-bond donors (Lipinski definition) is 1. The predicted molar refractivity (Wildman–Crippen MR) is 78.4 cm³/mol. The predicted octanol–water partition coefficient (Wildman–Crippen LogP) is 2.39. The molecule has 1 N–H and O–H groups in total. The molecule has 1 fully saturated rings. The summed E-state index contributed by atoms with van der Waals surface area (Å²) in [5.41, 5.74) is 1.05. The highest BCUT2D eigenvalue weighted by Crippen LogP contribution is 2.24. The molecule has 2 amide bonds. The quantitative estimate of drug-likeness (QED) is 0.930. The van der Waals surface area contributed by atoms with E-state index in [1.54, 1.807) is 11.9 Å². The summed E-state index contributed by atoms with van der Waals surface area (Å²) in [7, 11) is 1.80. The number of rotatable bonds is 3. The lowest BCUT2D eigenvalue weighted by Crippen LogP contribution is -2.44. The van der Waals surface area contributed by atoms with Crippen LogP contribution in [0.15, 0.2) is 24.3 Å². The summed E-state index contributed by atoms with van der Waals surface area (Å²) in [4.78, 5) is 25.3. The highest BCUT2D eigenvalue weighted by Gasteiger charge is 2.29. The Bertz CT molecular complexity index is 491. The Hall–Kier alpha value is -1.55. The number of piperidine rings is 1. The molecule has 1 aliphatic rings. The third-order valence-electron chi connectivity index (χ3n) is 3.90. The molecule has 1 saturated heterocycles.